The van der Waals surface area contributed by atoms with Gasteiger partial charge in [0, 0.05) is 34.8 Å². The van der Waals surface area contributed by atoms with Crippen molar-refractivity contribution in [1.29, 1.82) is 0 Å². The van der Waals surface area contributed by atoms with Gasteiger partial charge in [-0.25, -0.2) is 0 Å². The van der Waals surface area contributed by atoms with Gasteiger partial charge < -0.3 is 5.32 Å². The van der Waals surface area contributed by atoms with Crippen LogP contribution in [0.3, 0.4) is 0 Å². The van der Waals surface area contributed by atoms with Gasteiger partial charge in [0.2, 0.25) is 0 Å². The third-order valence-corrected chi connectivity index (χ3v) is 3.38. The first-order chi connectivity index (χ1) is 11.2. The number of carbonyl (C=O) groups is 2. The quantitative estimate of drug-likeness (QED) is 0.750. The van der Waals surface area contributed by atoms with E-state index in [1.165, 1.54) is 0 Å². The lowest BCUT2D eigenvalue weighted by molar-refractivity contribution is 0.102. The van der Waals surface area contributed by atoms with Crippen molar-refractivity contribution < 1.29 is 9.59 Å². The molecule has 1 N–H and O–H groups in total. The summed E-state index contributed by atoms with van der Waals surface area (Å²) in [6, 6.07) is 19.2. The molecule has 4 nitrogen and oxygen atoms in total. The minimum absolute atomic E-state index is 0.0439. The van der Waals surface area contributed by atoms with Crippen molar-refractivity contribution in [2.75, 3.05) is 5.32 Å². The fourth-order valence-electron chi connectivity index (χ4n) is 2.17. The van der Waals surface area contributed by atoms with Gasteiger partial charge in [-0.05, 0) is 36.4 Å². The minimum atomic E-state index is -0.213. The summed E-state index contributed by atoms with van der Waals surface area (Å²) in [5, 5.41) is 2.79. The summed E-state index contributed by atoms with van der Waals surface area (Å²) in [6.07, 6.45) is 3.13. The number of pyridine rings is 1. The Morgan fingerprint density at radius 1 is 0.696 bits per heavy atom. The Hall–Kier alpha value is -3.27. The number of aromatic nitrogens is 1. The Balaban J connectivity index is 1.73. The number of benzene rings is 2. The van der Waals surface area contributed by atoms with Crippen molar-refractivity contribution in [1.82, 2.24) is 4.98 Å². The monoisotopic (exact) mass is 302 g/mol. The number of nitrogens with zero attached hydrogens (tertiary/aromatic N) is 1. The first-order valence-corrected chi connectivity index (χ1v) is 7.15. The van der Waals surface area contributed by atoms with Crippen LogP contribution in [0.25, 0.3) is 0 Å². The maximum atomic E-state index is 12.3. The molecule has 4 heteroatoms. The molecule has 2 aromatic carbocycles. The van der Waals surface area contributed by atoms with Gasteiger partial charge >= 0.3 is 0 Å². The van der Waals surface area contributed by atoms with Crippen molar-refractivity contribution in [2.45, 2.75) is 0 Å². The van der Waals surface area contributed by atoms with E-state index >= 15 is 0 Å². The molecule has 1 aromatic heterocycles. The smallest absolute Gasteiger partial charge is 0.255 e. The summed E-state index contributed by atoms with van der Waals surface area (Å²) >= 11 is 0. The van der Waals surface area contributed by atoms with Gasteiger partial charge in [-0.15, -0.1) is 0 Å². The maximum absolute atomic E-state index is 12.3. The fourth-order valence-corrected chi connectivity index (χ4v) is 2.17. The lowest BCUT2D eigenvalue weighted by Gasteiger charge is -2.06. The SMILES string of the molecule is O=C(Nc1ccc(C(=O)c2ccccc2)cc1)c1ccncc1. The Bertz CT molecular complexity index is 813. The molecule has 0 aliphatic rings. The highest BCUT2D eigenvalue weighted by Gasteiger charge is 2.09. The van der Waals surface area contributed by atoms with E-state index in [0.717, 1.165) is 0 Å². The standard InChI is InChI=1S/C19H14N2O2/c22-18(14-4-2-1-3-5-14)15-6-8-17(9-7-15)21-19(23)16-10-12-20-13-11-16/h1-13H,(H,21,23). The van der Waals surface area contributed by atoms with E-state index in [-0.39, 0.29) is 11.7 Å². The van der Waals surface area contributed by atoms with E-state index in [2.05, 4.69) is 10.3 Å². The molecule has 0 saturated carbocycles. The second kappa shape index (κ2) is 6.66. The molecule has 3 aromatic rings. The average Bonchev–Trinajstić information content (AvgIpc) is 2.63. The highest BCUT2D eigenvalue weighted by Crippen LogP contribution is 2.14. The van der Waals surface area contributed by atoms with Crippen molar-refractivity contribution in [2.24, 2.45) is 0 Å². The molecule has 3 rings (SSSR count). The van der Waals surface area contributed by atoms with Crippen LogP contribution in [0.4, 0.5) is 5.69 Å². The number of carbonyl (C=O) groups excluding carboxylic acids is 2. The molecule has 0 saturated heterocycles. The number of rotatable bonds is 4. The summed E-state index contributed by atoms with van der Waals surface area (Å²) in [7, 11) is 0. The van der Waals surface area contributed by atoms with E-state index in [1.807, 2.05) is 18.2 Å². The predicted molar refractivity (Wildman–Crippen MR) is 88.5 cm³/mol. The van der Waals surface area contributed by atoms with Crippen molar-refractivity contribution in [3.05, 3.63) is 95.8 Å². The summed E-state index contributed by atoms with van der Waals surface area (Å²) in [4.78, 5) is 28.2. The molecule has 0 aliphatic carbocycles. The zero-order valence-electron chi connectivity index (χ0n) is 12.3. The van der Waals surface area contributed by atoms with Gasteiger partial charge in [0.25, 0.3) is 5.91 Å². The summed E-state index contributed by atoms with van der Waals surface area (Å²) in [5.74, 6) is -0.257. The number of nitrogens with one attached hydrogen (secondary N) is 1. The molecule has 0 radical (unpaired) electrons. The number of amides is 1. The molecule has 112 valence electrons. The van der Waals surface area contributed by atoms with Crippen molar-refractivity contribution >= 4 is 17.4 Å². The number of hydrogen-bond acceptors (Lipinski definition) is 3. The molecule has 0 fully saturated rings. The van der Waals surface area contributed by atoms with Gasteiger partial charge in [0.1, 0.15) is 0 Å². The highest BCUT2D eigenvalue weighted by atomic mass is 16.1. The molecule has 0 aliphatic heterocycles. The number of hydrogen-bond donors (Lipinski definition) is 1. The van der Waals surface area contributed by atoms with E-state index in [9.17, 15) is 9.59 Å². The molecule has 0 unspecified atom stereocenters. The van der Waals surface area contributed by atoms with Gasteiger partial charge in [-0.2, -0.15) is 0 Å². The van der Waals surface area contributed by atoms with Crippen LogP contribution in [0.5, 0.6) is 0 Å². The second-order valence-corrected chi connectivity index (χ2v) is 4.96. The van der Waals surface area contributed by atoms with Crippen LogP contribution < -0.4 is 5.32 Å². The summed E-state index contributed by atoms with van der Waals surface area (Å²) in [5.41, 5.74) is 2.39. The Kier molecular flexibility index (Phi) is 4.25. The molecule has 1 heterocycles. The fraction of sp³-hybridized carbons (Fsp3) is 0. The van der Waals surface area contributed by atoms with Gasteiger partial charge in [0.15, 0.2) is 5.78 Å². The second-order valence-electron chi connectivity index (χ2n) is 4.96. The van der Waals surface area contributed by atoms with Crippen LogP contribution in [0.15, 0.2) is 79.1 Å². The average molecular weight is 302 g/mol. The van der Waals surface area contributed by atoms with Crippen LogP contribution in [0.2, 0.25) is 0 Å². The predicted octanol–water partition coefficient (Wildman–Crippen LogP) is 3.56. The Morgan fingerprint density at radius 2 is 1.30 bits per heavy atom. The molecule has 0 bridgehead atoms. The molecular weight excluding hydrogens is 288 g/mol. The third-order valence-electron chi connectivity index (χ3n) is 3.38. The van der Waals surface area contributed by atoms with Gasteiger partial charge in [0.05, 0.1) is 0 Å². The minimum Gasteiger partial charge on any atom is -0.322 e. The maximum Gasteiger partial charge on any atom is 0.255 e. The molecule has 0 atom stereocenters. The van der Waals surface area contributed by atoms with Crippen LogP contribution in [0.1, 0.15) is 26.3 Å². The van der Waals surface area contributed by atoms with Crippen LogP contribution >= 0.6 is 0 Å². The zero-order valence-corrected chi connectivity index (χ0v) is 12.3. The largest absolute Gasteiger partial charge is 0.322 e. The Labute approximate surface area is 133 Å². The van der Waals surface area contributed by atoms with Gasteiger partial charge in [-0.1, -0.05) is 30.3 Å². The Morgan fingerprint density at radius 3 is 1.96 bits per heavy atom. The molecular formula is C19H14N2O2. The molecule has 23 heavy (non-hydrogen) atoms. The lowest BCUT2D eigenvalue weighted by atomic mass is 10.0. The van der Waals surface area contributed by atoms with E-state index in [4.69, 9.17) is 0 Å². The summed E-state index contributed by atoms with van der Waals surface area (Å²) in [6.45, 7) is 0. The number of ketones is 1. The van der Waals surface area contributed by atoms with Crippen LogP contribution in [0, 0.1) is 0 Å². The van der Waals surface area contributed by atoms with Crippen molar-refractivity contribution in [3.8, 4) is 0 Å². The first-order valence-electron chi connectivity index (χ1n) is 7.15. The third kappa shape index (κ3) is 3.49. The number of anilines is 1. The summed E-state index contributed by atoms with van der Waals surface area (Å²) < 4.78 is 0. The normalized spacial score (nSPS) is 10.1. The van der Waals surface area contributed by atoms with E-state index in [0.29, 0.717) is 22.4 Å². The van der Waals surface area contributed by atoms with E-state index < -0.39 is 0 Å². The van der Waals surface area contributed by atoms with Gasteiger partial charge in [-0.3, -0.25) is 14.6 Å². The van der Waals surface area contributed by atoms with E-state index in [1.54, 1.807) is 60.9 Å². The molecule has 1 amide bonds. The molecule has 0 spiro atoms. The highest BCUT2D eigenvalue weighted by molar-refractivity contribution is 6.09. The van der Waals surface area contributed by atoms with Crippen molar-refractivity contribution in [3.63, 3.8) is 0 Å². The first kappa shape index (κ1) is 14.7. The van der Waals surface area contributed by atoms with Crippen LogP contribution in [-0.4, -0.2) is 16.7 Å². The lowest BCUT2D eigenvalue weighted by Crippen LogP contribution is -2.12. The topological polar surface area (TPSA) is 59.1 Å². The zero-order chi connectivity index (χ0) is 16.1. The van der Waals surface area contributed by atoms with Crippen LogP contribution in [-0.2, 0) is 0 Å².